The minimum atomic E-state index is -0.335. The minimum Gasteiger partial charge on any atom is -0.289 e. The molecule has 1 nitrogen and oxygen atoms in total. The highest BCUT2D eigenvalue weighted by Crippen LogP contribution is 2.20. The molecule has 0 fully saturated rings. The molecule has 0 aliphatic rings. The second kappa shape index (κ2) is 4.18. The van der Waals surface area contributed by atoms with E-state index in [0.717, 1.165) is 4.88 Å². The fraction of sp³-hybridized carbons (Fsp3) is 0.154. The summed E-state index contributed by atoms with van der Waals surface area (Å²) in [7, 11) is 0. The molecule has 0 saturated heterocycles. The van der Waals surface area contributed by atoms with Crippen molar-refractivity contribution in [3.63, 3.8) is 0 Å². The molecule has 3 heteroatoms. The van der Waals surface area contributed by atoms with Gasteiger partial charge in [-0.15, -0.1) is 11.3 Å². The van der Waals surface area contributed by atoms with E-state index in [-0.39, 0.29) is 11.6 Å². The summed E-state index contributed by atoms with van der Waals surface area (Å²) >= 11 is 1.52. The number of carbonyl (C=O) groups is 1. The number of thiophene rings is 1. The Morgan fingerprint density at radius 2 is 2.00 bits per heavy atom. The summed E-state index contributed by atoms with van der Waals surface area (Å²) in [6, 6.07) is 6.37. The van der Waals surface area contributed by atoms with Gasteiger partial charge in [-0.1, -0.05) is 12.1 Å². The number of rotatable bonds is 2. The first-order valence-corrected chi connectivity index (χ1v) is 5.82. The molecule has 2 aromatic rings. The molecule has 16 heavy (non-hydrogen) atoms. The van der Waals surface area contributed by atoms with Gasteiger partial charge in [0, 0.05) is 16.0 Å². The van der Waals surface area contributed by atoms with Crippen molar-refractivity contribution >= 4 is 17.1 Å². The summed E-state index contributed by atoms with van der Waals surface area (Å²) in [6.07, 6.45) is 0. The van der Waals surface area contributed by atoms with Crippen LogP contribution in [-0.2, 0) is 0 Å². The van der Waals surface area contributed by atoms with E-state index >= 15 is 0 Å². The van der Waals surface area contributed by atoms with Crippen molar-refractivity contribution in [2.24, 2.45) is 0 Å². The van der Waals surface area contributed by atoms with Gasteiger partial charge in [-0.3, -0.25) is 4.79 Å². The van der Waals surface area contributed by atoms with E-state index in [1.54, 1.807) is 25.1 Å². The van der Waals surface area contributed by atoms with Crippen LogP contribution in [-0.4, -0.2) is 5.78 Å². The Balaban J connectivity index is 2.42. The topological polar surface area (TPSA) is 17.1 Å². The van der Waals surface area contributed by atoms with E-state index in [9.17, 15) is 9.18 Å². The van der Waals surface area contributed by atoms with Crippen LogP contribution in [0.4, 0.5) is 4.39 Å². The second-order valence-electron chi connectivity index (χ2n) is 3.68. The van der Waals surface area contributed by atoms with Crippen LogP contribution in [0.15, 0.2) is 29.6 Å². The Labute approximate surface area is 97.6 Å². The van der Waals surface area contributed by atoms with Crippen LogP contribution in [0.25, 0.3) is 0 Å². The number of hydrogen-bond acceptors (Lipinski definition) is 2. The zero-order valence-corrected chi connectivity index (χ0v) is 9.90. The smallest absolute Gasteiger partial charge is 0.194 e. The maximum Gasteiger partial charge on any atom is 0.194 e. The van der Waals surface area contributed by atoms with E-state index in [4.69, 9.17) is 0 Å². The van der Waals surface area contributed by atoms with Crippen LogP contribution >= 0.6 is 11.3 Å². The lowest BCUT2D eigenvalue weighted by Gasteiger charge is -2.02. The van der Waals surface area contributed by atoms with Crippen molar-refractivity contribution < 1.29 is 9.18 Å². The lowest BCUT2D eigenvalue weighted by Crippen LogP contribution is -2.02. The molecule has 2 rings (SSSR count). The normalized spacial score (nSPS) is 10.4. The van der Waals surface area contributed by atoms with Crippen LogP contribution in [0, 0.1) is 19.7 Å². The van der Waals surface area contributed by atoms with Gasteiger partial charge >= 0.3 is 0 Å². The lowest BCUT2D eigenvalue weighted by atomic mass is 10.0. The first-order chi connectivity index (χ1) is 7.59. The summed E-state index contributed by atoms with van der Waals surface area (Å²) in [5.41, 5.74) is 1.62. The van der Waals surface area contributed by atoms with Crippen molar-refractivity contribution in [3.05, 3.63) is 57.0 Å². The van der Waals surface area contributed by atoms with Crippen LogP contribution in [0.1, 0.15) is 26.4 Å². The maximum absolute atomic E-state index is 13.3. The summed E-state index contributed by atoms with van der Waals surface area (Å²) in [5.74, 6) is -0.448. The van der Waals surface area contributed by atoms with E-state index in [1.807, 2.05) is 12.3 Å². The molecular formula is C13H11FOS. The molecule has 0 saturated carbocycles. The van der Waals surface area contributed by atoms with Crippen LogP contribution < -0.4 is 0 Å². The van der Waals surface area contributed by atoms with Gasteiger partial charge in [0.15, 0.2) is 5.78 Å². The molecule has 0 atom stereocenters. The van der Waals surface area contributed by atoms with E-state index < -0.39 is 0 Å². The van der Waals surface area contributed by atoms with E-state index in [2.05, 4.69) is 0 Å². The Morgan fingerprint density at radius 3 is 2.56 bits per heavy atom. The van der Waals surface area contributed by atoms with Crippen molar-refractivity contribution in [2.75, 3.05) is 0 Å². The van der Waals surface area contributed by atoms with Crippen molar-refractivity contribution in [2.45, 2.75) is 13.8 Å². The molecule has 0 aliphatic carbocycles. The van der Waals surface area contributed by atoms with Gasteiger partial charge in [-0.05, 0) is 36.9 Å². The molecule has 0 N–H and O–H groups in total. The molecule has 0 unspecified atom stereocenters. The molecular weight excluding hydrogens is 223 g/mol. The fourth-order valence-corrected chi connectivity index (χ4v) is 2.21. The number of benzene rings is 1. The third kappa shape index (κ3) is 1.91. The van der Waals surface area contributed by atoms with Crippen molar-refractivity contribution in [1.29, 1.82) is 0 Å². The van der Waals surface area contributed by atoms with Gasteiger partial charge in [-0.25, -0.2) is 4.39 Å². The molecule has 0 radical (unpaired) electrons. The number of ketones is 1. The summed E-state index contributed by atoms with van der Waals surface area (Å²) in [4.78, 5) is 13.0. The maximum atomic E-state index is 13.3. The van der Waals surface area contributed by atoms with Gasteiger partial charge in [0.2, 0.25) is 0 Å². The lowest BCUT2D eigenvalue weighted by molar-refractivity contribution is 0.103. The molecule has 0 aliphatic heterocycles. The third-order valence-corrected chi connectivity index (χ3v) is 3.38. The van der Waals surface area contributed by atoms with Gasteiger partial charge in [0.1, 0.15) is 5.82 Å². The average molecular weight is 234 g/mol. The van der Waals surface area contributed by atoms with E-state index in [0.29, 0.717) is 16.7 Å². The van der Waals surface area contributed by atoms with Crippen LogP contribution in [0.3, 0.4) is 0 Å². The summed E-state index contributed by atoms with van der Waals surface area (Å²) in [5, 5.41) is 1.87. The standard InChI is InChI=1S/C13H11FOS/c1-8-3-4-10(7-12(8)14)13(15)11-5-6-16-9(11)2/h3-7H,1-2H3. The van der Waals surface area contributed by atoms with Crippen LogP contribution in [0.2, 0.25) is 0 Å². The predicted octanol–water partition coefficient (Wildman–Crippen LogP) is 3.74. The highest BCUT2D eigenvalue weighted by Gasteiger charge is 2.13. The monoisotopic (exact) mass is 234 g/mol. The first kappa shape index (κ1) is 11.0. The zero-order valence-electron chi connectivity index (χ0n) is 9.08. The molecule has 0 bridgehead atoms. The third-order valence-electron chi connectivity index (χ3n) is 2.54. The van der Waals surface area contributed by atoms with Crippen molar-refractivity contribution in [1.82, 2.24) is 0 Å². The largest absolute Gasteiger partial charge is 0.289 e. The Bertz CT molecular complexity index is 543. The number of hydrogen-bond donors (Lipinski definition) is 0. The quantitative estimate of drug-likeness (QED) is 0.723. The molecule has 0 spiro atoms. The predicted molar refractivity (Wildman–Crippen MR) is 63.6 cm³/mol. The molecule has 82 valence electrons. The first-order valence-electron chi connectivity index (χ1n) is 4.94. The average Bonchev–Trinajstić information content (AvgIpc) is 2.67. The van der Waals surface area contributed by atoms with Crippen LogP contribution in [0.5, 0.6) is 0 Å². The Kier molecular flexibility index (Phi) is 2.88. The fourth-order valence-electron chi connectivity index (χ4n) is 1.51. The van der Waals surface area contributed by atoms with Gasteiger partial charge < -0.3 is 0 Å². The highest BCUT2D eigenvalue weighted by molar-refractivity contribution is 7.10. The zero-order chi connectivity index (χ0) is 11.7. The summed E-state index contributed by atoms with van der Waals surface area (Å²) in [6.45, 7) is 3.57. The number of carbonyl (C=O) groups excluding carboxylic acids is 1. The molecule has 0 amide bonds. The number of aryl methyl sites for hydroxylation is 2. The number of halogens is 1. The molecule has 1 heterocycles. The van der Waals surface area contributed by atoms with Gasteiger partial charge in [0.05, 0.1) is 0 Å². The van der Waals surface area contributed by atoms with Gasteiger partial charge in [-0.2, -0.15) is 0 Å². The Hall–Kier alpha value is -1.48. The summed E-state index contributed by atoms with van der Waals surface area (Å²) < 4.78 is 13.3. The Morgan fingerprint density at radius 1 is 1.25 bits per heavy atom. The minimum absolute atomic E-state index is 0.113. The van der Waals surface area contributed by atoms with Crippen molar-refractivity contribution in [3.8, 4) is 0 Å². The molecule has 1 aromatic carbocycles. The molecule has 1 aromatic heterocycles. The second-order valence-corrected chi connectivity index (χ2v) is 4.80. The SMILES string of the molecule is Cc1ccc(C(=O)c2ccsc2C)cc1F. The van der Waals surface area contributed by atoms with E-state index in [1.165, 1.54) is 17.4 Å². The van der Waals surface area contributed by atoms with Gasteiger partial charge in [0.25, 0.3) is 0 Å². The highest BCUT2D eigenvalue weighted by atomic mass is 32.1.